The van der Waals surface area contributed by atoms with Gasteiger partial charge in [-0.2, -0.15) is 13.2 Å². The van der Waals surface area contributed by atoms with Crippen LogP contribution in [0, 0.1) is 0 Å². The highest BCUT2D eigenvalue weighted by Crippen LogP contribution is 2.26. The number of aliphatic imine (C=N–C) groups is 2. The maximum atomic E-state index is 12.4. The summed E-state index contributed by atoms with van der Waals surface area (Å²) in [5, 5.41) is 0. The summed E-state index contributed by atoms with van der Waals surface area (Å²) < 4.78 is 42.3. The Kier molecular flexibility index (Phi) is 6.14. The van der Waals surface area contributed by atoms with Crippen LogP contribution in [0.2, 0.25) is 0 Å². The van der Waals surface area contributed by atoms with E-state index in [0.717, 1.165) is 0 Å². The van der Waals surface area contributed by atoms with Gasteiger partial charge < -0.3 is 4.74 Å². The fraction of sp³-hybridized carbons (Fsp3) is 0.333. The number of rotatable bonds is 6. The first-order chi connectivity index (χ1) is 9.92. The Morgan fingerprint density at radius 2 is 2.14 bits per heavy atom. The molecule has 0 saturated heterocycles. The van der Waals surface area contributed by atoms with E-state index in [0.29, 0.717) is 29.9 Å². The Balaban J connectivity index is 3.25. The van der Waals surface area contributed by atoms with Gasteiger partial charge in [-0.3, -0.25) is 9.98 Å². The third-order valence-electron chi connectivity index (χ3n) is 2.72. The number of alkyl halides is 3. The first-order valence-electron chi connectivity index (χ1n) is 6.28. The van der Waals surface area contributed by atoms with Crippen molar-refractivity contribution in [3.8, 4) is 0 Å². The Morgan fingerprint density at radius 1 is 1.43 bits per heavy atom. The topological polar surface area (TPSA) is 34.0 Å². The van der Waals surface area contributed by atoms with Gasteiger partial charge in [0, 0.05) is 0 Å². The van der Waals surface area contributed by atoms with Gasteiger partial charge in [-0.25, -0.2) is 0 Å². The van der Waals surface area contributed by atoms with Crippen LogP contribution in [0.5, 0.6) is 0 Å². The van der Waals surface area contributed by atoms with Crippen molar-refractivity contribution in [2.24, 2.45) is 9.98 Å². The van der Waals surface area contributed by atoms with Crippen molar-refractivity contribution in [1.29, 1.82) is 0 Å². The van der Waals surface area contributed by atoms with Gasteiger partial charge in [0.15, 0.2) is 0 Å². The molecule has 0 aromatic rings. The predicted octanol–water partition coefficient (Wildman–Crippen LogP) is 4.01. The molecule has 0 N–H and O–H groups in total. The first kappa shape index (κ1) is 16.9. The Bertz CT molecular complexity index is 526. The summed E-state index contributed by atoms with van der Waals surface area (Å²) in [7, 11) is 1.45. The quantitative estimate of drug-likeness (QED) is 0.539. The van der Waals surface area contributed by atoms with E-state index in [-0.39, 0.29) is 5.71 Å². The first-order valence-corrected chi connectivity index (χ1v) is 6.28. The Morgan fingerprint density at radius 3 is 2.67 bits per heavy atom. The molecular weight excluding hydrogens is 281 g/mol. The fourth-order valence-electron chi connectivity index (χ4n) is 1.81. The highest BCUT2D eigenvalue weighted by atomic mass is 19.4. The van der Waals surface area contributed by atoms with Crippen LogP contribution in [0.3, 0.4) is 0 Å². The number of ether oxygens (including phenoxy) is 1. The summed E-state index contributed by atoms with van der Waals surface area (Å²) in [5.41, 5.74) is 1.17. The lowest BCUT2D eigenvalue weighted by Crippen LogP contribution is -2.17. The van der Waals surface area contributed by atoms with E-state index < -0.39 is 12.7 Å². The second kappa shape index (κ2) is 7.61. The van der Waals surface area contributed by atoms with Gasteiger partial charge in [-0.05, 0) is 31.7 Å². The average Bonchev–Trinajstić information content (AvgIpc) is 2.45. The molecule has 3 nitrogen and oxygen atoms in total. The molecular formula is C15H17F3N2O. The van der Waals surface area contributed by atoms with Crippen LogP contribution in [0.15, 0.2) is 57.9 Å². The van der Waals surface area contributed by atoms with Crippen LogP contribution in [0.1, 0.15) is 12.8 Å². The van der Waals surface area contributed by atoms with Crippen molar-refractivity contribution >= 4 is 12.4 Å². The molecule has 0 atom stereocenters. The minimum absolute atomic E-state index is 0.193. The zero-order chi connectivity index (χ0) is 15.9. The molecule has 0 saturated carbocycles. The lowest BCUT2D eigenvalue weighted by atomic mass is 9.98. The number of methoxy groups -OCH3 is 1. The van der Waals surface area contributed by atoms with Crippen LogP contribution in [0.4, 0.5) is 13.2 Å². The largest absolute Gasteiger partial charge is 0.496 e. The summed E-state index contributed by atoms with van der Waals surface area (Å²) in [6.07, 6.45) is 3.22. The third kappa shape index (κ3) is 5.06. The van der Waals surface area contributed by atoms with E-state index >= 15 is 0 Å². The monoisotopic (exact) mass is 298 g/mol. The molecule has 0 unspecified atom stereocenters. The molecule has 0 fully saturated rings. The molecule has 0 radical (unpaired) electrons. The van der Waals surface area contributed by atoms with Crippen molar-refractivity contribution < 1.29 is 17.9 Å². The summed E-state index contributed by atoms with van der Waals surface area (Å²) in [6.45, 7) is 5.84. The lowest BCUT2D eigenvalue weighted by Gasteiger charge is -2.17. The van der Waals surface area contributed by atoms with Crippen LogP contribution in [-0.2, 0) is 4.74 Å². The highest BCUT2D eigenvalue weighted by molar-refractivity contribution is 6.12. The van der Waals surface area contributed by atoms with Gasteiger partial charge in [0.25, 0.3) is 0 Å². The Hall–Kier alpha value is -2.11. The molecule has 114 valence electrons. The van der Waals surface area contributed by atoms with Crippen LogP contribution in [0.25, 0.3) is 0 Å². The van der Waals surface area contributed by atoms with Gasteiger partial charge in [-0.1, -0.05) is 12.2 Å². The number of halogens is 3. The minimum atomic E-state index is -4.36. The number of hydrogen-bond acceptors (Lipinski definition) is 3. The van der Waals surface area contributed by atoms with Crippen molar-refractivity contribution in [3.63, 3.8) is 0 Å². The van der Waals surface area contributed by atoms with E-state index in [2.05, 4.69) is 23.3 Å². The highest BCUT2D eigenvalue weighted by Gasteiger charge is 2.28. The summed E-state index contributed by atoms with van der Waals surface area (Å²) in [4.78, 5) is 7.53. The van der Waals surface area contributed by atoms with Crippen molar-refractivity contribution in [2.75, 3.05) is 13.7 Å². The van der Waals surface area contributed by atoms with Gasteiger partial charge in [0.2, 0.25) is 0 Å². The van der Waals surface area contributed by atoms with Crippen LogP contribution >= 0.6 is 0 Å². The van der Waals surface area contributed by atoms with Gasteiger partial charge in [0.05, 0.1) is 24.1 Å². The SMILES string of the molecule is C=CCC/C(N=C)=C1\C(OC)=CC=CC1=NCC(F)(F)F. The average molecular weight is 298 g/mol. The molecule has 1 rings (SSSR count). The molecule has 0 amide bonds. The fourth-order valence-corrected chi connectivity index (χ4v) is 1.81. The van der Waals surface area contributed by atoms with Crippen LogP contribution < -0.4 is 0 Å². The van der Waals surface area contributed by atoms with E-state index in [9.17, 15) is 13.2 Å². The maximum Gasteiger partial charge on any atom is 0.407 e. The third-order valence-corrected chi connectivity index (χ3v) is 2.72. The molecule has 0 aromatic carbocycles. The molecule has 21 heavy (non-hydrogen) atoms. The van der Waals surface area contributed by atoms with Gasteiger partial charge in [-0.15, -0.1) is 6.58 Å². The molecule has 0 aromatic heterocycles. The maximum absolute atomic E-state index is 12.4. The zero-order valence-corrected chi connectivity index (χ0v) is 11.8. The molecule has 0 bridgehead atoms. The standard InChI is InChI=1S/C15H17F3N2O/c1-4-5-7-11(19-2)14-12(20-10-15(16,17)18)8-6-9-13(14)21-3/h4,6,8-9H,1-2,5,7,10H2,3H3/b14-11+,20-12?. The number of allylic oxidation sites excluding steroid dienone is 6. The van der Waals surface area contributed by atoms with E-state index in [1.165, 1.54) is 13.2 Å². The minimum Gasteiger partial charge on any atom is -0.496 e. The molecule has 1 aliphatic carbocycles. The summed E-state index contributed by atoms with van der Waals surface area (Å²) >= 11 is 0. The summed E-state index contributed by atoms with van der Waals surface area (Å²) in [6, 6.07) is 0. The molecule has 6 heteroatoms. The molecule has 0 aliphatic heterocycles. The predicted molar refractivity (Wildman–Crippen MR) is 78.6 cm³/mol. The van der Waals surface area contributed by atoms with Crippen molar-refractivity contribution in [1.82, 2.24) is 0 Å². The van der Waals surface area contributed by atoms with Crippen molar-refractivity contribution in [3.05, 3.63) is 47.9 Å². The zero-order valence-electron chi connectivity index (χ0n) is 11.8. The molecule has 1 aliphatic rings. The second-order valence-corrected chi connectivity index (χ2v) is 4.22. The number of hydrogen-bond donors (Lipinski definition) is 0. The van der Waals surface area contributed by atoms with E-state index in [1.54, 1.807) is 18.2 Å². The Labute approximate surface area is 121 Å². The van der Waals surface area contributed by atoms with Crippen LogP contribution in [-0.4, -0.2) is 32.3 Å². The smallest absolute Gasteiger partial charge is 0.407 e. The summed E-state index contributed by atoms with van der Waals surface area (Å²) in [5.74, 6) is 0.421. The molecule has 0 heterocycles. The second-order valence-electron chi connectivity index (χ2n) is 4.22. The van der Waals surface area contributed by atoms with Gasteiger partial charge >= 0.3 is 6.18 Å². The van der Waals surface area contributed by atoms with Crippen molar-refractivity contribution in [2.45, 2.75) is 19.0 Å². The van der Waals surface area contributed by atoms with Gasteiger partial charge in [0.1, 0.15) is 12.3 Å². The van der Waals surface area contributed by atoms with E-state index in [1.807, 2.05) is 0 Å². The normalized spacial score (nSPS) is 19.2. The number of nitrogens with zero attached hydrogens (tertiary/aromatic N) is 2. The lowest BCUT2D eigenvalue weighted by molar-refractivity contribution is -0.118. The van der Waals surface area contributed by atoms with E-state index in [4.69, 9.17) is 4.74 Å². The molecule has 0 spiro atoms.